The van der Waals surface area contributed by atoms with Gasteiger partial charge in [0.1, 0.15) is 11.1 Å². The normalized spacial score (nSPS) is 13.7. The van der Waals surface area contributed by atoms with Crippen LogP contribution in [-0.4, -0.2) is 48.2 Å². The zero-order valence-electron chi connectivity index (χ0n) is 19.1. The van der Waals surface area contributed by atoms with Gasteiger partial charge in [0, 0.05) is 60.1 Å². The third kappa shape index (κ3) is 4.91. The van der Waals surface area contributed by atoms with Crippen molar-refractivity contribution in [3.05, 3.63) is 80.4 Å². The number of pyridine rings is 1. The molecule has 1 fully saturated rings. The van der Waals surface area contributed by atoms with Gasteiger partial charge in [-0.1, -0.05) is 29.3 Å². The van der Waals surface area contributed by atoms with Gasteiger partial charge in [0.15, 0.2) is 5.65 Å². The summed E-state index contributed by atoms with van der Waals surface area (Å²) in [4.78, 5) is 26.6. The van der Waals surface area contributed by atoms with Crippen molar-refractivity contribution >= 4 is 51.3 Å². The summed E-state index contributed by atoms with van der Waals surface area (Å²) >= 11 is 12.8. The lowest BCUT2D eigenvalue weighted by atomic mass is 10.1. The van der Waals surface area contributed by atoms with E-state index in [1.807, 2.05) is 24.3 Å². The summed E-state index contributed by atoms with van der Waals surface area (Å²) in [5.41, 5.74) is 3.85. The van der Waals surface area contributed by atoms with Gasteiger partial charge in [0.05, 0.1) is 24.8 Å². The molecule has 3 N–H and O–H groups in total. The Morgan fingerprint density at radius 1 is 1.09 bits per heavy atom. The minimum atomic E-state index is -0.288. The van der Waals surface area contributed by atoms with Gasteiger partial charge in [0.2, 0.25) is 0 Å². The predicted octanol–water partition coefficient (Wildman–Crippen LogP) is 4.38. The molecule has 0 bridgehead atoms. The Morgan fingerprint density at radius 2 is 1.86 bits per heavy atom. The van der Waals surface area contributed by atoms with Crippen molar-refractivity contribution in [2.75, 3.05) is 43.5 Å². The van der Waals surface area contributed by atoms with Gasteiger partial charge in [-0.05, 0) is 35.9 Å². The zero-order chi connectivity index (χ0) is 24.4. The van der Waals surface area contributed by atoms with E-state index in [1.54, 1.807) is 25.3 Å². The lowest BCUT2D eigenvalue weighted by Crippen LogP contribution is -2.43. The smallest absolute Gasteiger partial charge is 0.262 e. The SMILES string of the molecule is COc1cc(N2CCNCC2)ccc1Nc1cc(Cc2c(Cl)cccc2Cl)nc2nc[nH]c(=O)c12. The molecule has 0 radical (unpaired) electrons. The van der Waals surface area contributed by atoms with Crippen LogP contribution in [0.1, 0.15) is 11.3 Å². The number of benzene rings is 2. The van der Waals surface area contributed by atoms with E-state index >= 15 is 0 Å². The van der Waals surface area contributed by atoms with Crippen LogP contribution >= 0.6 is 23.2 Å². The number of fused-ring (bicyclic) bond motifs is 1. The number of aromatic nitrogens is 3. The molecule has 1 saturated heterocycles. The molecule has 0 spiro atoms. The molecule has 1 aliphatic heterocycles. The first-order valence-corrected chi connectivity index (χ1v) is 12.0. The first-order valence-electron chi connectivity index (χ1n) is 11.2. The molecule has 0 saturated carbocycles. The van der Waals surface area contributed by atoms with Crippen molar-refractivity contribution in [2.24, 2.45) is 0 Å². The number of anilines is 3. The van der Waals surface area contributed by atoms with Crippen LogP contribution in [0.2, 0.25) is 10.0 Å². The predicted molar refractivity (Wildman–Crippen MR) is 141 cm³/mol. The van der Waals surface area contributed by atoms with Crippen LogP contribution in [-0.2, 0) is 6.42 Å². The minimum Gasteiger partial charge on any atom is -0.494 e. The van der Waals surface area contributed by atoms with E-state index in [0.29, 0.717) is 44.6 Å². The van der Waals surface area contributed by atoms with E-state index in [1.165, 1.54) is 6.33 Å². The number of rotatable bonds is 6. The molecule has 0 amide bonds. The van der Waals surface area contributed by atoms with Crippen LogP contribution in [0.5, 0.6) is 5.75 Å². The average molecular weight is 511 g/mol. The fourth-order valence-corrected chi connectivity index (χ4v) is 4.78. The lowest BCUT2D eigenvalue weighted by molar-refractivity contribution is 0.416. The molecule has 35 heavy (non-hydrogen) atoms. The number of aromatic amines is 1. The fraction of sp³-hybridized carbons (Fsp3) is 0.240. The topological polar surface area (TPSA) is 95.2 Å². The minimum absolute atomic E-state index is 0.288. The van der Waals surface area contributed by atoms with Gasteiger partial charge in [-0.25, -0.2) is 9.97 Å². The van der Waals surface area contributed by atoms with Gasteiger partial charge < -0.3 is 25.3 Å². The lowest BCUT2D eigenvalue weighted by Gasteiger charge is -2.30. The van der Waals surface area contributed by atoms with Crippen molar-refractivity contribution in [2.45, 2.75) is 6.42 Å². The maximum absolute atomic E-state index is 12.7. The molecule has 2 aromatic carbocycles. The second kappa shape index (κ2) is 10.1. The number of hydrogen-bond donors (Lipinski definition) is 3. The van der Waals surface area contributed by atoms with Gasteiger partial charge >= 0.3 is 0 Å². The van der Waals surface area contributed by atoms with E-state index in [4.69, 9.17) is 27.9 Å². The molecule has 2 aromatic heterocycles. The molecule has 10 heteroatoms. The van der Waals surface area contributed by atoms with Crippen molar-refractivity contribution in [3.8, 4) is 5.75 Å². The Labute approximate surface area is 212 Å². The number of hydrogen-bond acceptors (Lipinski definition) is 7. The quantitative estimate of drug-likeness (QED) is 0.354. The van der Waals surface area contributed by atoms with Crippen molar-refractivity contribution in [1.29, 1.82) is 0 Å². The Morgan fingerprint density at radius 3 is 2.60 bits per heavy atom. The number of piperazine rings is 1. The molecule has 180 valence electrons. The molecule has 0 atom stereocenters. The summed E-state index contributed by atoms with van der Waals surface area (Å²) in [5, 5.41) is 8.20. The third-order valence-corrected chi connectivity index (χ3v) is 6.73. The largest absolute Gasteiger partial charge is 0.494 e. The number of H-pyrrole nitrogens is 1. The fourth-order valence-electron chi connectivity index (χ4n) is 4.24. The number of halogens is 2. The Hall–Kier alpha value is -3.33. The number of ether oxygens (including phenoxy) is 1. The van der Waals surface area contributed by atoms with Crippen LogP contribution in [0.15, 0.2) is 53.6 Å². The highest BCUT2D eigenvalue weighted by Crippen LogP contribution is 2.34. The second-order valence-corrected chi connectivity index (χ2v) is 9.03. The molecule has 4 aromatic rings. The van der Waals surface area contributed by atoms with Gasteiger partial charge in [-0.3, -0.25) is 4.79 Å². The van der Waals surface area contributed by atoms with E-state index in [2.05, 4.69) is 30.5 Å². The standard InChI is InChI=1S/C25H24Cl2N6O2/c1-35-22-13-16(33-9-7-28-8-10-33)5-6-20(22)32-21-12-15(11-17-18(26)3-2-4-19(17)27)31-24-23(21)25(34)30-14-29-24/h2-6,12-14,28H,7-11H2,1H3,(H2,29,30,31,32,34). The van der Waals surface area contributed by atoms with Crippen LogP contribution in [0.25, 0.3) is 11.0 Å². The van der Waals surface area contributed by atoms with Crippen LogP contribution in [0.3, 0.4) is 0 Å². The first kappa shape index (κ1) is 23.4. The summed E-state index contributed by atoms with van der Waals surface area (Å²) in [5.74, 6) is 0.669. The molecule has 1 aliphatic rings. The highest BCUT2D eigenvalue weighted by atomic mass is 35.5. The van der Waals surface area contributed by atoms with E-state index in [-0.39, 0.29) is 5.56 Å². The second-order valence-electron chi connectivity index (χ2n) is 8.22. The van der Waals surface area contributed by atoms with Gasteiger partial charge in [-0.2, -0.15) is 0 Å². The van der Waals surface area contributed by atoms with Crippen LogP contribution in [0, 0.1) is 0 Å². The molecular formula is C25H24Cl2N6O2. The van der Waals surface area contributed by atoms with E-state index in [9.17, 15) is 4.79 Å². The highest BCUT2D eigenvalue weighted by Gasteiger charge is 2.17. The highest BCUT2D eigenvalue weighted by molar-refractivity contribution is 6.36. The van der Waals surface area contributed by atoms with Crippen molar-refractivity contribution in [3.63, 3.8) is 0 Å². The molecular weight excluding hydrogens is 487 g/mol. The summed E-state index contributed by atoms with van der Waals surface area (Å²) in [6, 6.07) is 13.2. The van der Waals surface area contributed by atoms with Crippen molar-refractivity contribution in [1.82, 2.24) is 20.3 Å². The molecule has 0 unspecified atom stereocenters. The molecule has 3 heterocycles. The number of methoxy groups -OCH3 is 1. The van der Waals surface area contributed by atoms with Gasteiger partial charge in [0.25, 0.3) is 5.56 Å². The summed E-state index contributed by atoms with van der Waals surface area (Å²) in [7, 11) is 1.63. The molecule has 0 aliphatic carbocycles. The van der Waals surface area contributed by atoms with E-state index in [0.717, 1.165) is 43.1 Å². The maximum atomic E-state index is 12.7. The number of nitrogens with one attached hydrogen (secondary N) is 3. The monoisotopic (exact) mass is 510 g/mol. The van der Waals surface area contributed by atoms with Crippen LogP contribution in [0.4, 0.5) is 17.1 Å². The average Bonchev–Trinajstić information content (AvgIpc) is 2.87. The molecule has 5 rings (SSSR count). The zero-order valence-corrected chi connectivity index (χ0v) is 20.6. The van der Waals surface area contributed by atoms with Crippen LogP contribution < -0.4 is 25.8 Å². The summed E-state index contributed by atoms with van der Waals surface area (Å²) < 4.78 is 5.69. The summed E-state index contributed by atoms with van der Waals surface area (Å²) in [6.45, 7) is 3.75. The van der Waals surface area contributed by atoms with Crippen molar-refractivity contribution < 1.29 is 4.74 Å². The summed E-state index contributed by atoms with van der Waals surface area (Å²) in [6.07, 6.45) is 1.73. The Bertz CT molecular complexity index is 1420. The first-order chi connectivity index (χ1) is 17.0. The Kier molecular flexibility index (Phi) is 6.77. The molecule has 8 nitrogen and oxygen atoms in total. The van der Waals surface area contributed by atoms with E-state index < -0.39 is 0 Å². The van der Waals surface area contributed by atoms with Gasteiger partial charge in [-0.15, -0.1) is 0 Å². The number of nitrogens with zero attached hydrogens (tertiary/aromatic N) is 3. The maximum Gasteiger partial charge on any atom is 0.262 e. The Balaban J connectivity index is 1.55. The third-order valence-electron chi connectivity index (χ3n) is 6.02.